The lowest BCUT2D eigenvalue weighted by molar-refractivity contribution is -0.117. The van der Waals surface area contributed by atoms with Crippen LogP contribution >= 0.6 is 24.0 Å². The molecule has 2 aliphatic heterocycles. The van der Waals surface area contributed by atoms with Crippen LogP contribution in [-0.2, 0) is 11.3 Å². The smallest absolute Gasteiger partial charge is 0.227 e. The van der Waals surface area contributed by atoms with Gasteiger partial charge < -0.3 is 25.3 Å². The van der Waals surface area contributed by atoms with Crippen LogP contribution < -0.4 is 15.5 Å². The Kier molecular flexibility index (Phi) is 10.2. The average molecular weight is 514 g/mol. The van der Waals surface area contributed by atoms with Crippen LogP contribution in [0.5, 0.6) is 0 Å². The van der Waals surface area contributed by atoms with E-state index in [4.69, 9.17) is 0 Å². The zero-order valence-corrected chi connectivity index (χ0v) is 20.0. The van der Waals surface area contributed by atoms with Gasteiger partial charge in [-0.3, -0.25) is 9.79 Å². The highest BCUT2D eigenvalue weighted by molar-refractivity contribution is 14.0. The first-order valence-electron chi connectivity index (χ1n) is 10.4. The van der Waals surface area contributed by atoms with E-state index in [0.29, 0.717) is 13.0 Å². The lowest BCUT2D eigenvalue weighted by Gasteiger charge is -2.21. The zero-order chi connectivity index (χ0) is 19.8. The topological polar surface area (TPSA) is 63.2 Å². The molecule has 0 aliphatic carbocycles. The minimum atomic E-state index is 0. The first-order chi connectivity index (χ1) is 13.7. The van der Waals surface area contributed by atoms with Crippen molar-refractivity contribution in [3.63, 3.8) is 0 Å². The number of rotatable bonds is 6. The molecular formula is C21H35IN6O. The molecule has 162 valence electrons. The maximum Gasteiger partial charge on any atom is 0.227 e. The summed E-state index contributed by atoms with van der Waals surface area (Å²) in [6, 6.07) is 8.23. The average Bonchev–Trinajstić information content (AvgIpc) is 3.03. The van der Waals surface area contributed by atoms with E-state index in [1.165, 1.54) is 25.1 Å². The van der Waals surface area contributed by atoms with Crippen molar-refractivity contribution in [1.82, 2.24) is 20.4 Å². The summed E-state index contributed by atoms with van der Waals surface area (Å²) in [5.41, 5.74) is 2.17. The fourth-order valence-corrected chi connectivity index (χ4v) is 3.78. The van der Waals surface area contributed by atoms with Gasteiger partial charge in [0.05, 0.1) is 0 Å². The second kappa shape index (κ2) is 12.3. The Hall–Kier alpha value is -1.39. The monoisotopic (exact) mass is 514 g/mol. The number of nitrogens with zero attached hydrogens (tertiary/aromatic N) is 4. The van der Waals surface area contributed by atoms with Crippen LogP contribution in [0, 0.1) is 0 Å². The quantitative estimate of drug-likeness (QED) is 0.344. The molecule has 1 aromatic rings. The molecule has 7 nitrogen and oxygen atoms in total. The van der Waals surface area contributed by atoms with Gasteiger partial charge in [-0.2, -0.15) is 0 Å². The number of benzene rings is 1. The number of halogens is 1. The van der Waals surface area contributed by atoms with Gasteiger partial charge >= 0.3 is 0 Å². The number of nitrogens with one attached hydrogen (secondary N) is 2. The number of amides is 1. The molecule has 1 amide bonds. The molecule has 2 aliphatic rings. The van der Waals surface area contributed by atoms with Crippen LogP contribution in [0.4, 0.5) is 5.69 Å². The molecule has 0 radical (unpaired) electrons. The Bertz CT molecular complexity index is 666. The summed E-state index contributed by atoms with van der Waals surface area (Å²) in [7, 11) is 4.00. The first kappa shape index (κ1) is 23.9. The van der Waals surface area contributed by atoms with E-state index in [1.807, 2.05) is 17.0 Å². The van der Waals surface area contributed by atoms with Crippen molar-refractivity contribution < 1.29 is 4.79 Å². The number of likely N-dealkylation sites (N-methyl/N-ethyl adjacent to an activating group) is 1. The summed E-state index contributed by atoms with van der Waals surface area (Å²) in [5, 5.41) is 6.78. The Labute approximate surface area is 191 Å². The van der Waals surface area contributed by atoms with Crippen LogP contribution in [0.2, 0.25) is 0 Å². The van der Waals surface area contributed by atoms with Crippen molar-refractivity contribution >= 4 is 41.5 Å². The minimum absolute atomic E-state index is 0. The summed E-state index contributed by atoms with van der Waals surface area (Å²) >= 11 is 0. The molecular weight excluding hydrogens is 479 g/mol. The summed E-state index contributed by atoms with van der Waals surface area (Å²) in [5.74, 6) is 1.05. The second-order valence-electron chi connectivity index (χ2n) is 7.67. The molecule has 29 heavy (non-hydrogen) atoms. The van der Waals surface area contributed by atoms with Crippen LogP contribution in [0.3, 0.4) is 0 Å². The highest BCUT2D eigenvalue weighted by Crippen LogP contribution is 2.21. The highest BCUT2D eigenvalue weighted by Gasteiger charge is 2.21. The van der Waals surface area contributed by atoms with Crippen molar-refractivity contribution in [2.75, 3.05) is 64.8 Å². The third-order valence-electron chi connectivity index (χ3n) is 5.54. The predicted molar refractivity (Wildman–Crippen MR) is 130 cm³/mol. The number of hydrogen-bond acceptors (Lipinski definition) is 4. The maximum absolute atomic E-state index is 11.8. The van der Waals surface area contributed by atoms with Crippen molar-refractivity contribution in [3.05, 3.63) is 29.8 Å². The first-order valence-corrected chi connectivity index (χ1v) is 10.4. The SMILES string of the molecule is CN=C(NCCN1CCCN(C)CC1)NCc1ccc(N2CCCC2=O)cc1.I. The van der Waals surface area contributed by atoms with Crippen molar-refractivity contribution in [3.8, 4) is 0 Å². The molecule has 2 fully saturated rings. The van der Waals surface area contributed by atoms with E-state index >= 15 is 0 Å². The lowest BCUT2D eigenvalue weighted by Crippen LogP contribution is -2.42. The van der Waals surface area contributed by atoms with Gasteiger partial charge in [0, 0.05) is 58.4 Å². The maximum atomic E-state index is 11.8. The Morgan fingerprint density at radius 3 is 2.52 bits per heavy atom. The van der Waals surface area contributed by atoms with E-state index in [1.54, 1.807) is 7.05 Å². The van der Waals surface area contributed by atoms with Crippen LogP contribution in [0.1, 0.15) is 24.8 Å². The van der Waals surface area contributed by atoms with Crippen LogP contribution in [0.25, 0.3) is 0 Å². The zero-order valence-electron chi connectivity index (χ0n) is 17.7. The number of hydrogen-bond donors (Lipinski definition) is 2. The number of guanidine groups is 1. The van der Waals surface area contributed by atoms with E-state index in [2.05, 4.69) is 44.6 Å². The highest BCUT2D eigenvalue weighted by atomic mass is 127. The van der Waals surface area contributed by atoms with Crippen LogP contribution in [0.15, 0.2) is 29.3 Å². The van der Waals surface area contributed by atoms with Crippen molar-refractivity contribution in [2.45, 2.75) is 25.8 Å². The standard InChI is InChI=1S/C21H34N6O.HI/c1-22-21(23-10-14-26-12-4-11-25(2)15-16-26)24-17-18-6-8-19(9-7-18)27-13-3-5-20(27)28;/h6-9H,3-5,10-17H2,1-2H3,(H2,22,23,24);1H. The minimum Gasteiger partial charge on any atom is -0.355 e. The molecule has 2 saturated heterocycles. The van der Waals surface area contributed by atoms with Gasteiger partial charge in [-0.1, -0.05) is 12.1 Å². The second-order valence-corrected chi connectivity index (χ2v) is 7.67. The lowest BCUT2D eigenvalue weighted by atomic mass is 10.2. The van der Waals surface area contributed by atoms with Gasteiger partial charge in [-0.25, -0.2) is 0 Å². The Morgan fingerprint density at radius 2 is 1.83 bits per heavy atom. The molecule has 0 unspecified atom stereocenters. The molecule has 2 heterocycles. The van der Waals surface area contributed by atoms with E-state index < -0.39 is 0 Å². The van der Waals surface area contributed by atoms with Gasteiger partial charge in [0.2, 0.25) is 5.91 Å². The molecule has 2 N–H and O–H groups in total. The van der Waals surface area contributed by atoms with Gasteiger partial charge in [0.1, 0.15) is 0 Å². The molecule has 3 rings (SSSR count). The van der Waals surface area contributed by atoms with E-state index in [9.17, 15) is 4.79 Å². The number of carbonyl (C=O) groups is 1. The summed E-state index contributed by atoms with van der Waals surface area (Å²) in [6.45, 7) is 8.11. The van der Waals surface area contributed by atoms with Crippen LogP contribution in [-0.4, -0.2) is 81.6 Å². The molecule has 0 bridgehead atoms. The Morgan fingerprint density at radius 1 is 1.03 bits per heavy atom. The summed E-state index contributed by atoms with van der Waals surface area (Å²) in [6.07, 6.45) is 2.86. The van der Waals surface area contributed by atoms with E-state index in [-0.39, 0.29) is 29.9 Å². The van der Waals surface area contributed by atoms with Gasteiger partial charge in [-0.15, -0.1) is 24.0 Å². The van der Waals surface area contributed by atoms with Crippen molar-refractivity contribution in [2.24, 2.45) is 4.99 Å². The fraction of sp³-hybridized carbons (Fsp3) is 0.619. The van der Waals surface area contributed by atoms with Crippen molar-refractivity contribution in [1.29, 1.82) is 0 Å². The van der Waals surface area contributed by atoms with Gasteiger partial charge in [0.25, 0.3) is 0 Å². The fourth-order valence-electron chi connectivity index (χ4n) is 3.78. The van der Waals surface area contributed by atoms with Gasteiger partial charge in [-0.05, 0) is 50.7 Å². The third kappa shape index (κ3) is 7.42. The number of aliphatic imine (C=N–C) groups is 1. The molecule has 0 spiro atoms. The number of anilines is 1. The Balaban J connectivity index is 0.00000300. The third-order valence-corrected chi connectivity index (χ3v) is 5.54. The molecule has 0 saturated carbocycles. The molecule has 0 aromatic heterocycles. The normalized spacial score (nSPS) is 19.0. The molecule has 0 atom stereocenters. The summed E-state index contributed by atoms with van der Waals surface area (Å²) < 4.78 is 0. The summed E-state index contributed by atoms with van der Waals surface area (Å²) in [4.78, 5) is 23.0. The predicted octanol–water partition coefficient (Wildman–Crippen LogP) is 1.73. The molecule has 1 aromatic carbocycles. The molecule has 8 heteroatoms. The van der Waals surface area contributed by atoms with Gasteiger partial charge in [0.15, 0.2) is 5.96 Å². The largest absolute Gasteiger partial charge is 0.355 e. The van der Waals surface area contributed by atoms with E-state index in [0.717, 1.165) is 50.8 Å². The number of carbonyl (C=O) groups excluding carboxylic acids is 1.